The van der Waals surface area contributed by atoms with Crippen LogP contribution in [0, 0.1) is 18.8 Å². The van der Waals surface area contributed by atoms with Crippen molar-refractivity contribution in [3.8, 4) is 11.1 Å². The summed E-state index contributed by atoms with van der Waals surface area (Å²) in [6.07, 6.45) is 1.37. The minimum Gasteiger partial charge on any atom is -0.365 e. The van der Waals surface area contributed by atoms with Crippen molar-refractivity contribution in [1.82, 2.24) is 4.90 Å². The van der Waals surface area contributed by atoms with E-state index in [1.807, 2.05) is 11.0 Å². The van der Waals surface area contributed by atoms with E-state index in [0.29, 0.717) is 25.6 Å². The Labute approximate surface area is 190 Å². The summed E-state index contributed by atoms with van der Waals surface area (Å²) in [7, 11) is 0. The first-order chi connectivity index (χ1) is 15.3. The number of aryl methyl sites for hydroxylation is 1. The Balaban J connectivity index is 1.83. The average Bonchev–Trinajstić information content (AvgIpc) is 2.77. The molecule has 3 nitrogen and oxygen atoms in total. The van der Waals surface area contributed by atoms with Gasteiger partial charge in [0.2, 0.25) is 5.91 Å². The molecule has 165 valence electrons. The zero-order valence-electron chi connectivity index (χ0n) is 19.3. The highest BCUT2D eigenvalue weighted by molar-refractivity contribution is 5.98. The molecule has 0 saturated carbocycles. The van der Waals surface area contributed by atoms with Crippen LogP contribution in [-0.2, 0) is 4.79 Å². The molecule has 1 aliphatic heterocycles. The number of hydrogen-bond acceptors (Lipinski definition) is 2. The lowest BCUT2D eigenvalue weighted by molar-refractivity contribution is -0.126. The molecule has 1 radical (unpaired) electrons. The maximum atomic E-state index is 14.2. The van der Waals surface area contributed by atoms with Gasteiger partial charge in [0.05, 0.1) is 0 Å². The lowest BCUT2D eigenvalue weighted by atomic mass is 9.93. The van der Waals surface area contributed by atoms with E-state index in [2.05, 4.69) is 69.5 Å². The third-order valence-corrected chi connectivity index (χ3v) is 6.30. The second kappa shape index (κ2) is 8.78. The van der Waals surface area contributed by atoms with Gasteiger partial charge in [-0.05, 0) is 83.8 Å². The van der Waals surface area contributed by atoms with Crippen molar-refractivity contribution in [2.24, 2.45) is 0 Å². The predicted octanol–water partition coefficient (Wildman–Crippen LogP) is 6.10. The van der Waals surface area contributed by atoms with E-state index in [9.17, 15) is 9.18 Å². The molecule has 1 aliphatic rings. The molecule has 1 atom stereocenters. The Morgan fingerprint density at radius 2 is 1.91 bits per heavy atom. The molecule has 0 N–H and O–H groups in total. The first kappa shape index (κ1) is 22.1. The van der Waals surface area contributed by atoms with Gasteiger partial charge < -0.3 is 9.80 Å². The van der Waals surface area contributed by atoms with Crippen LogP contribution in [-0.4, -0.2) is 36.5 Å². The monoisotopic (exact) mass is 429 g/mol. The third-order valence-electron chi connectivity index (χ3n) is 6.30. The number of anilines is 1. The Kier molecular flexibility index (Phi) is 6.05. The maximum Gasteiger partial charge on any atom is 0.246 e. The van der Waals surface area contributed by atoms with Gasteiger partial charge in [-0.2, -0.15) is 0 Å². The fourth-order valence-electron chi connectivity index (χ4n) is 4.58. The van der Waals surface area contributed by atoms with E-state index in [1.54, 1.807) is 6.07 Å². The molecule has 4 heteroatoms. The van der Waals surface area contributed by atoms with Gasteiger partial charge in [0, 0.05) is 36.7 Å². The van der Waals surface area contributed by atoms with Gasteiger partial charge in [0.15, 0.2) is 0 Å². The summed E-state index contributed by atoms with van der Waals surface area (Å²) in [6.45, 7) is 14.1. The molecular weight excluding hydrogens is 399 g/mol. The molecule has 0 aromatic heterocycles. The van der Waals surface area contributed by atoms with Gasteiger partial charge >= 0.3 is 0 Å². The van der Waals surface area contributed by atoms with Gasteiger partial charge in [0.25, 0.3) is 0 Å². The molecular formula is C28H30FN2O. The summed E-state index contributed by atoms with van der Waals surface area (Å²) in [4.78, 5) is 16.2. The summed E-state index contributed by atoms with van der Waals surface area (Å²) < 4.78 is 14.2. The van der Waals surface area contributed by atoms with E-state index >= 15 is 0 Å². The quantitative estimate of drug-likeness (QED) is 0.468. The Morgan fingerprint density at radius 1 is 1.16 bits per heavy atom. The Hall–Kier alpha value is -3.14. The number of halogens is 1. The number of carbonyl (C=O) groups excluding carboxylic acids is 1. The van der Waals surface area contributed by atoms with Crippen LogP contribution in [0.4, 0.5) is 10.1 Å². The van der Waals surface area contributed by atoms with Crippen molar-refractivity contribution in [2.45, 2.75) is 39.7 Å². The lowest BCUT2D eigenvalue weighted by Crippen LogP contribution is -2.53. The number of hydrogen-bond donors (Lipinski definition) is 0. The second-order valence-electron chi connectivity index (χ2n) is 9.05. The molecule has 32 heavy (non-hydrogen) atoms. The Bertz CT molecular complexity index is 1180. The number of amides is 1. The molecule has 0 spiro atoms. The van der Waals surface area contributed by atoms with Crippen LogP contribution in [0.3, 0.4) is 0 Å². The fourth-order valence-corrected chi connectivity index (χ4v) is 4.58. The van der Waals surface area contributed by atoms with Gasteiger partial charge in [-0.25, -0.2) is 4.39 Å². The molecule has 0 bridgehead atoms. The molecule has 0 aliphatic carbocycles. The van der Waals surface area contributed by atoms with E-state index in [4.69, 9.17) is 0 Å². The van der Waals surface area contributed by atoms with Crippen molar-refractivity contribution in [2.75, 3.05) is 24.5 Å². The van der Waals surface area contributed by atoms with Crippen molar-refractivity contribution in [3.05, 3.63) is 78.1 Å². The summed E-state index contributed by atoms with van der Waals surface area (Å²) in [5.74, 6) is 0.100. The highest BCUT2D eigenvalue weighted by Gasteiger charge is 2.27. The van der Waals surface area contributed by atoms with E-state index in [-0.39, 0.29) is 17.8 Å². The second-order valence-corrected chi connectivity index (χ2v) is 9.05. The lowest BCUT2D eigenvalue weighted by Gasteiger charge is -2.41. The molecule has 1 amide bonds. The zero-order valence-corrected chi connectivity index (χ0v) is 19.3. The number of fused-ring (bicyclic) bond motifs is 1. The standard InChI is InChI=1S/C28H30FN2O/c1-6-28(32)30-9-10-31(20(5)17-30)27-15-24(13-21-7-8-25(29)16-26(21)27)23-12-19(4)11-22(14-23)18(2)3/h6-8,12-16,18,20H,1,9-10,17H2,2-5H3/t20-/m0/s1. The number of benzene rings is 3. The fraction of sp³-hybridized carbons (Fsp3) is 0.321. The normalized spacial score (nSPS) is 16.6. The molecule has 1 fully saturated rings. The molecule has 4 rings (SSSR count). The van der Waals surface area contributed by atoms with E-state index in [1.165, 1.54) is 17.7 Å². The van der Waals surface area contributed by atoms with E-state index < -0.39 is 0 Å². The van der Waals surface area contributed by atoms with Crippen LogP contribution >= 0.6 is 0 Å². The van der Waals surface area contributed by atoms with Crippen molar-refractivity contribution >= 4 is 22.4 Å². The number of piperazine rings is 1. The highest BCUT2D eigenvalue weighted by atomic mass is 19.1. The topological polar surface area (TPSA) is 23.6 Å². The smallest absolute Gasteiger partial charge is 0.246 e. The number of nitrogens with zero attached hydrogens (tertiary/aromatic N) is 2. The first-order valence-electron chi connectivity index (χ1n) is 11.2. The van der Waals surface area contributed by atoms with Crippen molar-refractivity contribution in [1.29, 1.82) is 0 Å². The summed E-state index contributed by atoms with van der Waals surface area (Å²) >= 11 is 0. The maximum absolute atomic E-state index is 14.2. The van der Waals surface area contributed by atoms with Crippen LogP contribution in [0.25, 0.3) is 21.9 Å². The molecule has 3 aromatic carbocycles. The zero-order chi connectivity index (χ0) is 23.0. The SMILES string of the molecule is C=CC(=O)N1CCN(c2cc(-c3cc(C)[c]c(C(C)C)c3)cc3ccc(F)cc23)[C@@H](C)C1. The molecule has 1 heterocycles. The Morgan fingerprint density at radius 3 is 2.59 bits per heavy atom. The molecule has 1 saturated heterocycles. The highest BCUT2D eigenvalue weighted by Crippen LogP contribution is 2.36. The van der Waals surface area contributed by atoms with Gasteiger partial charge in [-0.15, -0.1) is 0 Å². The van der Waals surface area contributed by atoms with Crippen molar-refractivity contribution < 1.29 is 9.18 Å². The first-order valence-corrected chi connectivity index (χ1v) is 11.2. The summed E-state index contributed by atoms with van der Waals surface area (Å²) in [5, 5.41) is 1.90. The molecule has 0 unspecified atom stereocenters. The van der Waals surface area contributed by atoms with Crippen LogP contribution in [0.2, 0.25) is 0 Å². The van der Waals surface area contributed by atoms with Crippen LogP contribution < -0.4 is 4.90 Å². The predicted molar refractivity (Wildman–Crippen MR) is 131 cm³/mol. The summed E-state index contributed by atoms with van der Waals surface area (Å²) in [6, 6.07) is 17.2. The molecule has 3 aromatic rings. The third kappa shape index (κ3) is 4.27. The van der Waals surface area contributed by atoms with Crippen LogP contribution in [0.5, 0.6) is 0 Å². The van der Waals surface area contributed by atoms with Crippen LogP contribution in [0.1, 0.15) is 37.8 Å². The minimum atomic E-state index is -0.244. The van der Waals surface area contributed by atoms with Gasteiger partial charge in [-0.1, -0.05) is 38.6 Å². The number of carbonyl (C=O) groups is 1. The number of rotatable bonds is 4. The van der Waals surface area contributed by atoms with Crippen molar-refractivity contribution in [3.63, 3.8) is 0 Å². The average molecular weight is 430 g/mol. The minimum absolute atomic E-state index is 0.0432. The van der Waals surface area contributed by atoms with Gasteiger partial charge in [0.1, 0.15) is 5.82 Å². The van der Waals surface area contributed by atoms with Gasteiger partial charge in [-0.3, -0.25) is 4.79 Å². The van der Waals surface area contributed by atoms with Crippen LogP contribution in [0.15, 0.2) is 55.1 Å². The van der Waals surface area contributed by atoms with E-state index in [0.717, 1.165) is 33.2 Å². The largest absolute Gasteiger partial charge is 0.365 e. The summed E-state index contributed by atoms with van der Waals surface area (Å²) in [5.41, 5.74) is 5.55.